The van der Waals surface area contributed by atoms with Gasteiger partial charge in [0.2, 0.25) is 0 Å². The molecule has 0 aliphatic carbocycles. The number of halogens is 2. The van der Waals surface area contributed by atoms with E-state index in [9.17, 15) is 4.79 Å². The number of carbonyl (C=O) groups is 1. The molecule has 0 aromatic rings. The molecule has 0 bridgehead atoms. The van der Waals surface area contributed by atoms with Crippen molar-refractivity contribution >= 4 is 29.5 Å². The van der Waals surface area contributed by atoms with Gasteiger partial charge in [0.15, 0.2) is 0 Å². The summed E-state index contributed by atoms with van der Waals surface area (Å²) in [5.74, 6) is 0.580. The second kappa shape index (κ2) is 5.39. The third kappa shape index (κ3) is 4.41. The monoisotopic (exact) mass is 154 g/mol. The van der Waals surface area contributed by atoms with Gasteiger partial charge in [-0.05, 0) is 12.8 Å². The van der Waals surface area contributed by atoms with Crippen molar-refractivity contribution in [2.75, 3.05) is 5.88 Å². The van der Waals surface area contributed by atoms with Gasteiger partial charge in [-0.25, -0.2) is 0 Å². The zero-order valence-corrected chi connectivity index (χ0v) is 5.95. The molecule has 0 fully saturated rings. The number of hydrogen-bond donors (Lipinski definition) is 0. The van der Waals surface area contributed by atoms with Crippen molar-refractivity contribution in [1.82, 2.24) is 0 Å². The maximum Gasteiger partial charge on any atom is 0.137 e. The maximum absolute atomic E-state index is 9.84. The minimum absolute atomic E-state index is 0.339. The van der Waals surface area contributed by atoms with E-state index in [1.165, 1.54) is 0 Å². The van der Waals surface area contributed by atoms with Gasteiger partial charge in [0.25, 0.3) is 0 Å². The van der Waals surface area contributed by atoms with Gasteiger partial charge in [-0.1, -0.05) is 0 Å². The van der Waals surface area contributed by atoms with Gasteiger partial charge in [0.05, 0.1) is 5.38 Å². The van der Waals surface area contributed by atoms with Gasteiger partial charge in [-0.3, -0.25) is 0 Å². The van der Waals surface area contributed by atoms with Crippen molar-refractivity contribution < 1.29 is 4.79 Å². The highest BCUT2D eigenvalue weighted by Crippen LogP contribution is 2.02. The van der Waals surface area contributed by atoms with Crippen LogP contribution in [0, 0.1) is 0 Å². The minimum Gasteiger partial charge on any atom is -0.302 e. The highest BCUT2D eigenvalue weighted by molar-refractivity contribution is 6.27. The first kappa shape index (κ1) is 8.25. The van der Waals surface area contributed by atoms with Crippen molar-refractivity contribution in [2.45, 2.75) is 18.2 Å². The first-order valence-electron chi connectivity index (χ1n) is 2.46. The van der Waals surface area contributed by atoms with E-state index in [0.717, 1.165) is 12.7 Å². The Labute approximate surface area is 59.0 Å². The van der Waals surface area contributed by atoms with Crippen molar-refractivity contribution in [1.29, 1.82) is 0 Å². The van der Waals surface area contributed by atoms with E-state index in [1.54, 1.807) is 0 Å². The molecule has 0 aromatic carbocycles. The highest BCUT2D eigenvalue weighted by atomic mass is 35.5. The molecule has 0 radical (unpaired) electrons. The van der Waals surface area contributed by atoms with E-state index >= 15 is 0 Å². The fourth-order valence-electron chi connectivity index (χ4n) is 0.340. The molecule has 0 spiro atoms. The molecule has 0 heterocycles. The quantitative estimate of drug-likeness (QED) is 0.447. The Morgan fingerprint density at radius 3 is 2.62 bits per heavy atom. The first-order chi connectivity index (χ1) is 3.81. The zero-order chi connectivity index (χ0) is 6.41. The predicted molar refractivity (Wildman–Crippen MR) is 35.7 cm³/mol. The Balaban J connectivity index is 2.98. The van der Waals surface area contributed by atoms with Crippen LogP contribution in [-0.2, 0) is 4.79 Å². The molecule has 1 unspecified atom stereocenters. The highest BCUT2D eigenvalue weighted by Gasteiger charge is 1.98. The van der Waals surface area contributed by atoms with Crippen molar-refractivity contribution in [3.8, 4) is 0 Å². The van der Waals surface area contributed by atoms with Crippen LogP contribution in [0.5, 0.6) is 0 Å². The molecular formula is C5H8Cl2O. The van der Waals surface area contributed by atoms with E-state index in [1.807, 2.05) is 0 Å². The molecule has 1 atom stereocenters. The lowest BCUT2D eigenvalue weighted by Gasteiger charge is -1.94. The van der Waals surface area contributed by atoms with Gasteiger partial charge in [0.1, 0.15) is 6.29 Å². The van der Waals surface area contributed by atoms with Crippen LogP contribution in [0.15, 0.2) is 0 Å². The summed E-state index contributed by atoms with van der Waals surface area (Å²) in [5, 5.41) is -0.339. The smallest absolute Gasteiger partial charge is 0.137 e. The van der Waals surface area contributed by atoms with E-state index in [4.69, 9.17) is 23.2 Å². The Morgan fingerprint density at radius 1 is 1.62 bits per heavy atom. The summed E-state index contributed by atoms with van der Waals surface area (Å²) in [7, 11) is 0. The molecule has 0 saturated carbocycles. The van der Waals surface area contributed by atoms with Crippen LogP contribution in [0.25, 0.3) is 0 Å². The summed E-state index contributed by atoms with van der Waals surface area (Å²) < 4.78 is 0. The fourth-order valence-corrected chi connectivity index (χ4v) is 0.649. The van der Waals surface area contributed by atoms with Crippen molar-refractivity contribution in [3.63, 3.8) is 0 Å². The van der Waals surface area contributed by atoms with Crippen molar-refractivity contribution in [3.05, 3.63) is 0 Å². The average Bonchev–Trinajstić information content (AvgIpc) is 1.83. The molecule has 0 aliphatic rings. The predicted octanol–water partition coefficient (Wildman–Crippen LogP) is 1.81. The fraction of sp³-hybridized carbons (Fsp3) is 0.800. The maximum atomic E-state index is 9.84. The van der Waals surface area contributed by atoms with E-state index in [2.05, 4.69) is 0 Å². The second-order valence-electron chi connectivity index (χ2n) is 1.48. The Bertz CT molecular complexity index is 65.4. The van der Waals surface area contributed by atoms with Crippen LogP contribution in [0.4, 0.5) is 0 Å². The van der Waals surface area contributed by atoms with Gasteiger partial charge in [-0.2, -0.15) is 0 Å². The topological polar surface area (TPSA) is 17.1 Å². The molecule has 8 heavy (non-hydrogen) atoms. The van der Waals surface area contributed by atoms with Crippen LogP contribution in [0.3, 0.4) is 0 Å². The molecular weight excluding hydrogens is 147 g/mol. The van der Waals surface area contributed by atoms with Crippen LogP contribution in [0.2, 0.25) is 0 Å². The number of aldehydes is 1. The molecule has 0 amide bonds. The molecule has 0 rings (SSSR count). The Kier molecular flexibility index (Phi) is 5.56. The lowest BCUT2D eigenvalue weighted by molar-refractivity contribution is -0.107. The van der Waals surface area contributed by atoms with Gasteiger partial charge >= 0.3 is 0 Å². The summed E-state index contributed by atoms with van der Waals surface area (Å²) in [5.41, 5.74) is 0. The summed E-state index contributed by atoms with van der Waals surface area (Å²) in [4.78, 5) is 9.84. The molecule has 0 aromatic heterocycles. The van der Waals surface area contributed by atoms with Gasteiger partial charge in [0, 0.05) is 5.88 Å². The Morgan fingerprint density at radius 2 is 2.25 bits per heavy atom. The zero-order valence-electron chi connectivity index (χ0n) is 4.44. The second-order valence-corrected chi connectivity index (χ2v) is 2.42. The number of rotatable bonds is 4. The average molecular weight is 155 g/mol. The molecule has 0 N–H and O–H groups in total. The number of carbonyl (C=O) groups excluding carboxylic acids is 1. The third-order valence-corrected chi connectivity index (χ3v) is 1.35. The normalized spacial score (nSPS) is 13.2. The van der Waals surface area contributed by atoms with E-state index in [0.29, 0.717) is 12.3 Å². The van der Waals surface area contributed by atoms with E-state index in [-0.39, 0.29) is 5.38 Å². The van der Waals surface area contributed by atoms with Gasteiger partial charge < -0.3 is 4.79 Å². The summed E-state index contributed by atoms with van der Waals surface area (Å²) in [6, 6.07) is 0. The first-order valence-corrected chi connectivity index (χ1v) is 3.43. The van der Waals surface area contributed by atoms with Crippen LogP contribution >= 0.6 is 23.2 Å². The van der Waals surface area contributed by atoms with Crippen LogP contribution < -0.4 is 0 Å². The van der Waals surface area contributed by atoms with Gasteiger partial charge in [-0.15, -0.1) is 23.2 Å². The van der Waals surface area contributed by atoms with Crippen LogP contribution in [-0.4, -0.2) is 17.5 Å². The minimum atomic E-state index is -0.339. The molecule has 0 aliphatic heterocycles. The standard InChI is InChI=1S/C5H8Cl2O/c6-3-1-2-5(7)4-8/h4-5H,1-3H2. The third-order valence-electron chi connectivity index (χ3n) is 0.761. The molecule has 3 heteroatoms. The van der Waals surface area contributed by atoms with Crippen LogP contribution in [0.1, 0.15) is 12.8 Å². The number of hydrogen-bond acceptors (Lipinski definition) is 1. The largest absolute Gasteiger partial charge is 0.302 e. The lowest BCUT2D eigenvalue weighted by Crippen LogP contribution is -1.98. The molecule has 48 valence electrons. The Hall–Kier alpha value is 0.250. The summed E-state index contributed by atoms with van der Waals surface area (Å²) >= 11 is 10.7. The summed E-state index contributed by atoms with van der Waals surface area (Å²) in [6.07, 6.45) is 2.23. The van der Waals surface area contributed by atoms with Crippen molar-refractivity contribution in [2.24, 2.45) is 0 Å². The van der Waals surface area contributed by atoms with E-state index < -0.39 is 0 Å². The number of alkyl halides is 2. The SMILES string of the molecule is O=CC(Cl)CCCCl. The summed E-state index contributed by atoms with van der Waals surface area (Å²) in [6.45, 7) is 0. The molecule has 1 nitrogen and oxygen atoms in total. The molecule has 0 saturated heterocycles. The lowest BCUT2D eigenvalue weighted by atomic mass is 10.3.